The lowest BCUT2D eigenvalue weighted by Gasteiger charge is -2.16. The summed E-state index contributed by atoms with van der Waals surface area (Å²) >= 11 is 0.750. The van der Waals surface area contributed by atoms with E-state index in [1.165, 1.54) is 4.90 Å². The SMILES string of the molecule is COc1ccccc1NCN1CC(=O)SC1=O. The number of hydrogen-bond acceptors (Lipinski definition) is 5. The molecule has 1 fully saturated rings. The van der Waals surface area contributed by atoms with Crippen LogP contribution in [0.3, 0.4) is 0 Å². The quantitative estimate of drug-likeness (QED) is 0.884. The average molecular weight is 252 g/mol. The highest BCUT2D eigenvalue weighted by molar-refractivity contribution is 8.26. The Morgan fingerprint density at radius 3 is 2.82 bits per heavy atom. The predicted molar refractivity (Wildman–Crippen MR) is 66.2 cm³/mol. The minimum atomic E-state index is -0.211. The van der Waals surface area contributed by atoms with E-state index in [-0.39, 0.29) is 16.9 Å². The maximum Gasteiger partial charge on any atom is 0.291 e. The summed E-state index contributed by atoms with van der Waals surface area (Å²) in [6.45, 7) is 0.462. The second-order valence-electron chi connectivity index (χ2n) is 3.47. The minimum Gasteiger partial charge on any atom is -0.495 e. The predicted octanol–water partition coefficient (Wildman–Crippen LogP) is 1.76. The van der Waals surface area contributed by atoms with Crippen molar-refractivity contribution in [3.05, 3.63) is 24.3 Å². The van der Waals surface area contributed by atoms with E-state index < -0.39 is 0 Å². The Hall–Kier alpha value is -1.69. The van der Waals surface area contributed by atoms with E-state index >= 15 is 0 Å². The van der Waals surface area contributed by atoms with Crippen molar-refractivity contribution >= 4 is 27.8 Å². The molecule has 0 unspecified atom stereocenters. The molecule has 1 heterocycles. The second kappa shape index (κ2) is 5.09. The number of thioether (sulfide) groups is 1. The highest BCUT2D eigenvalue weighted by Crippen LogP contribution is 2.24. The Morgan fingerprint density at radius 2 is 2.18 bits per heavy atom. The van der Waals surface area contributed by atoms with Gasteiger partial charge in [-0.25, -0.2) is 0 Å². The number of nitrogens with zero attached hydrogens (tertiary/aromatic N) is 1. The fourth-order valence-electron chi connectivity index (χ4n) is 1.51. The monoisotopic (exact) mass is 252 g/mol. The maximum atomic E-state index is 11.4. The molecule has 1 aliphatic rings. The number of benzene rings is 1. The first-order valence-electron chi connectivity index (χ1n) is 5.07. The van der Waals surface area contributed by atoms with Crippen molar-refractivity contribution in [1.82, 2.24) is 4.90 Å². The third kappa shape index (κ3) is 2.71. The molecule has 0 radical (unpaired) electrons. The van der Waals surface area contributed by atoms with Gasteiger partial charge in [-0.3, -0.25) is 9.59 Å². The average Bonchev–Trinajstić information content (AvgIpc) is 2.65. The maximum absolute atomic E-state index is 11.4. The Morgan fingerprint density at radius 1 is 1.41 bits per heavy atom. The summed E-state index contributed by atoms with van der Waals surface area (Å²) < 4.78 is 5.17. The van der Waals surface area contributed by atoms with E-state index in [1.807, 2.05) is 24.3 Å². The van der Waals surface area contributed by atoms with Crippen molar-refractivity contribution in [2.75, 3.05) is 25.6 Å². The molecule has 1 aromatic rings. The molecule has 1 N–H and O–H groups in total. The summed E-state index contributed by atoms with van der Waals surface area (Å²) in [6, 6.07) is 7.42. The second-order valence-corrected chi connectivity index (χ2v) is 4.48. The number of anilines is 1. The van der Waals surface area contributed by atoms with Crippen molar-refractivity contribution in [2.24, 2.45) is 0 Å². The molecule has 1 aromatic carbocycles. The van der Waals surface area contributed by atoms with Crippen LogP contribution in [-0.2, 0) is 4.79 Å². The lowest BCUT2D eigenvalue weighted by atomic mass is 10.3. The van der Waals surface area contributed by atoms with E-state index in [2.05, 4.69) is 5.32 Å². The van der Waals surface area contributed by atoms with E-state index in [4.69, 9.17) is 4.74 Å². The van der Waals surface area contributed by atoms with Gasteiger partial charge in [0.05, 0.1) is 26.0 Å². The number of rotatable bonds is 4. The van der Waals surface area contributed by atoms with Crippen LogP contribution in [0.25, 0.3) is 0 Å². The van der Waals surface area contributed by atoms with Crippen LogP contribution in [-0.4, -0.2) is 35.6 Å². The summed E-state index contributed by atoms with van der Waals surface area (Å²) in [4.78, 5) is 23.9. The number of carbonyl (C=O) groups is 2. The van der Waals surface area contributed by atoms with Gasteiger partial charge in [-0.1, -0.05) is 12.1 Å². The number of para-hydroxylation sites is 2. The van der Waals surface area contributed by atoms with E-state index in [9.17, 15) is 9.59 Å². The molecule has 0 aliphatic carbocycles. The van der Waals surface area contributed by atoms with Crippen LogP contribution in [0.2, 0.25) is 0 Å². The topological polar surface area (TPSA) is 58.6 Å². The van der Waals surface area contributed by atoms with Gasteiger partial charge in [0.25, 0.3) is 5.24 Å². The fourth-order valence-corrected chi connectivity index (χ4v) is 2.18. The number of amides is 1. The normalized spacial score (nSPS) is 15.2. The van der Waals surface area contributed by atoms with Gasteiger partial charge in [0.1, 0.15) is 5.75 Å². The van der Waals surface area contributed by atoms with Crippen LogP contribution in [0.5, 0.6) is 5.75 Å². The van der Waals surface area contributed by atoms with Crippen LogP contribution in [0.4, 0.5) is 10.5 Å². The number of carbonyl (C=O) groups excluding carboxylic acids is 2. The smallest absolute Gasteiger partial charge is 0.291 e. The Bertz CT molecular complexity index is 450. The summed E-state index contributed by atoms with van der Waals surface area (Å²) in [6.07, 6.45) is 0. The minimum absolute atomic E-state index is 0.114. The van der Waals surface area contributed by atoms with Gasteiger partial charge in [-0.2, -0.15) is 0 Å². The van der Waals surface area contributed by atoms with Gasteiger partial charge < -0.3 is 15.0 Å². The molecule has 0 spiro atoms. The molecule has 90 valence electrons. The third-order valence-corrected chi connectivity index (χ3v) is 3.14. The molecule has 2 rings (SSSR count). The van der Waals surface area contributed by atoms with Gasteiger partial charge in [0, 0.05) is 11.8 Å². The number of hydrogen-bond donors (Lipinski definition) is 1. The molecule has 6 heteroatoms. The van der Waals surface area contributed by atoms with Crippen LogP contribution >= 0.6 is 11.8 Å². The summed E-state index contributed by atoms with van der Waals surface area (Å²) in [5, 5.41) is 2.75. The Balaban J connectivity index is 1.98. The molecule has 1 amide bonds. The molecule has 17 heavy (non-hydrogen) atoms. The summed E-state index contributed by atoms with van der Waals surface area (Å²) in [7, 11) is 1.58. The van der Waals surface area contributed by atoms with Crippen LogP contribution < -0.4 is 10.1 Å². The zero-order chi connectivity index (χ0) is 12.3. The Labute approximate surface area is 103 Å². The molecule has 0 saturated carbocycles. The third-order valence-electron chi connectivity index (χ3n) is 2.35. The van der Waals surface area contributed by atoms with Crippen LogP contribution in [0.15, 0.2) is 24.3 Å². The first-order valence-corrected chi connectivity index (χ1v) is 5.89. The zero-order valence-electron chi connectivity index (χ0n) is 9.30. The zero-order valence-corrected chi connectivity index (χ0v) is 10.1. The lowest BCUT2D eigenvalue weighted by Crippen LogP contribution is -2.29. The van der Waals surface area contributed by atoms with Gasteiger partial charge in [0.15, 0.2) is 0 Å². The Kier molecular flexibility index (Phi) is 3.53. The van der Waals surface area contributed by atoms with Gasteiger partial charge >= 0.3 is 0 Å². The highest BCUT2D eigenvalue weighted by Gasteiger charge is 2.28. The fraction of sp³-hybridized carbons (Fsp3) is 0.273. The molecule has 5 nitrogen and oxygen atoms in total. The number of ether oxygens (including phenoxy) is 1. The molecule has 0 bridgehead atoms. The largest absolute Gasteiger partial charge is 0.495 e. The van der Waals surface area contributed by atoms with Gasteiger partial charge in [-0.15, -0.1) is 0 Å². The van der Waals surface area contributed by atoms with Crippen molar-refractivity contribution in [1.29, 1.82) is 0 Å². The highest BCUT2D eigenvalue weighted by atomic mass is 32.2. The van der Waals surface area contributed by atoms with Crippen molar-refractivity contribution in [3.63, 3.8) is 0 Å². The standard InChI is InChI=1S/C11H12N2O3S/c1-16-9-5-3-2-4-8(9)12-7-13-6-10(14)17-11(13)15/h2-5,12H,6-7H2,1H3. The molecule has 0 aromatic heterocycles. The molecular formula is C11H12N2O3S. The van der Waals surface area contributed by atoms with Crippen molar-refractivity contribution in [2.45, 2.75) is 0 Å². The molecule has 1 aliphatic heterocycles. The van der Waals surface area contributed by atoms with Crippen molar-refractivity contribution in [3.8, 4) is 5.75 Å². The lowest BCUT2D eigenvalue weighted by molar-refractivity contribution is -0.110. The van der Waals surface area contributed by atoms with Crippen LogP contribution in [0.1, 0.15) is 0 Å². The number of methoxy groups -OCH3 is 1. The van der Waals surface area contributed by atoms with Gasteiger partial charge in [0.2, 0.25) is 5.12 Å². The van der Waals surface area contributed by atoms with E-state index in [0.717, 1.165) is 17.4 Å². The molecule has 0 atom stereocenters. The number of nitrogens with one attached hydrogen (secondary N) is 1. The summed E-state index contributed by atoms with van der Waals surface area (Å²) in [5.74, 6) is 0.707. The van der Waals surface area contributed by atoms with Crippen LogP contribution in [0, 0.1) is 0 Å². The first-order chi connectivity index (χ1) is 8.20. The first kappa shape index (κ1) is 11.8. The molecule has 1 saturated heterocycles. The summed E-state index contributed by atoms with van der Waals surface area (Å²) in [5.41, 5.74) is 0.798. The molecular weight excluding hydrogens is 240 g/mol. The van der Waals surface area contributed by atoms with Gasteiger partial charge in [-0.05, 0) is 12.1 Å². The van der Waals surface area contributed by atoms with Crippen molar-refractivity contribution < 1.29 is 14.3 Å². The van der Waals surface area contributed by atoms with E-state index in [1.54, 1.807) is 7.11 Å². The van der Waals surface area contributed by atoms with E-state index in [0.29, 0.717) is 12.4 Å².